The van der Waals surface area contributed by atoms with Gasteiger partial charge in [0.1, 0.15) is 0 Å². The molecule has 0 saturated carbocycles. The highest BCUT2D eigenvalue weighted by atomic mass is 79.9. The van der Waals surface area contributed by atoms with Gasteiger partial charge in [0, 0.05) is 32.4 Å². The summed E-state index contributed by atoms with van der Waals surface area (Å²) in [7, 11) is 0. The van der Waals surface area contributed by atoms with E-state index >= 15 is 0 Å². The normalized spacial score (nSPS) is 10.3. The van der Waals surface area contributed by atoms with Gasteiger partial charge in [-0.2, -0.15) is 0 Å². The maximum absolute atomic E-state index is 6.04. The first-order valence-electron chi connectivity index (χ1n) is 6.43. The van der Waals surface area contributed by atoms with Crippen molar-refractivity contribution in [3.63, 3.8) is 0 Å². The van der Waals surface area contributed by atoms with E-state index in [1.807, 2.05) is 42.5 Å². The van der Waals surface area contributed by atoms with Crippen LogP contribution < -0.4 is 10.6 Å². The Bertz CT molecular complexity index is 650. The first kappa shape index (κ1) is 17.9. The fourth-order valence-electron chi connectivity index (χ4n) is 1.61. The predicted molar refractivity (Wildman–Crippen MR) is 106 cm³/mol. The molecule has 0 heterocycles. The van der Waals surface area contributed by atoms with Crippen molar-refractivity contribution in [3.05, 3.63) is 57.0 Å². The van der Waals surface area contributed by atoms with E-state index in [4.69, 9.17) is 35.4 Å². The van der Waals surface area contributed by atoms with Gasteiger partial charge in [-0.25, -0.2) is 0 Å². The Morgan fingerprint density at radius 2 is 1.86 bits per heavy atom. The van der Waals surface area contributed by atoms with Crippen LogP contribution in [0.3, 0.4) is 0 Å². The highest BCUT2D eigenvalue weighted by Gasteiger charge is 2.01. The van der Waals surface area contributed by atoms with E-state index in [0.29, 0.717) is 10.1 Å². The van der Waals surface area contributed by atoms with Gasteiger partial charge in [-0.05, 0) is 70.6 Å². The second-order valence-electron chi connectivity index (χ2n) is 4.31. The standard InChI is InChI=1S/C15H13BrCl2N2S2/c16-13-6-3-11(9-14(13)18)20-15(21)19-7-8-22-12-4-1-10(17)2-5-12/h1-6,9H,7-8H2,(H2,19,20,21). The quantitative estimate of drug-likeness (QED) is 0.350. The summed E-state index contributed by atoms with van der Waals surface area (Å²) in [5, 5.41) is 8.24. The zero-order chi connectivity index (χ0) is 15.9. The third-order valence-corrected chi connectivity index (χ3v) is 5.39. The molecule has 0 aliphatic heterocycles. The minimum absolute atomic E-state index is 0.579. The van der Waals surface area contributed by atoms with Crippen LogP contribution in [0.4, 0.5) is 5.69 Å². The van der Waals surface area contributed by atoms with Crippen LogP contribution in [0.15, 0.2) is 51.8 Å². The summed E-state index contributed by atoms with van der Waals surface area (Å²) in [4.78, 5) is 1.18. The first-order chi connectivity index (χ1) is 10.5. The Kier molecular flexibility index (Phi) is 7.31. The number of benzene rings is 2. The molecule has 0 radical (unpaired) electrons. The smallest absolute Gasteiger partial charge is 0.170 e. The Morgan fingerprint density at radius 1 is 1.14 bits per heavy atom. The summed E-state index contributed by atoms with van der Waals surface area (Å²) < 4.78 is 0.859. The summed E-state index contributed by atoms with van der Waals surface area (Å²) >= 11 is 22.2. The molecular weight excluding hydrogens is 423 g/mol. The van der Waals surface area contributed by atoms with Gasteiger partial charge >= 0.3 is 0 Å². The maximum Gasteiger partial charge on any atom is 0.170 e. The summed E-state index contributed by atoms with van der Waals surface area (Å²) in [5.74, 6) is 0.907. The Balaban J connectivity index is 1.71. The number of hydrogen-bond donors (Lipinski definition) is 2. The van der Waals surface area contributed by atoms with Crippen LogP contribution in [0.1, 0.15) is 0 Å². The number of thioether (sulfide) groups is 1. The van der Waals surface area contributed by atoms with Crippen molar-refractivity contribution in [3.8, 4) is 0 Å². The molecule has 116 valence electrons. The highest BCUT2D eigenvalue weighted by molar-refractivity contribution is 9.10. The lowest BCUT2D eigenvalue weighted by atomic mass is 10.3. The van der Waals surface area contributed by atoms with Crippen LogP contribution in [0.2, 0.25) is 10.0 Å². The molecule has 7 heteroatoms. The molecule has 0 saturated heterocycles. The molecule has 0 unspecified atom stereocenters. The van der Waals surface area contributed by atoms with Gasteiger partial charge in [0.15, 0.2) is 5.11 Å². The molecule has 0 atom stereocenters. The fraction of sp³-hybridized carbons (Fsp3) is 0.133. The average Bonchev–Trinajstić information content (AvgIpc) is 2.49. The van der Waals surface area contributed by atoms with Crippen molar-refractivity contribution in [1.29, 1.82) is 0 Å². The summed E-state index contributed by atoms with van der Waals surface area (Å²) in [6.07, 6.45) is 0. The van der Waals surface area contributed by atoms with Crippen molar-refractivity contribution in [1.82, 2.24) is 5.32 Å². The molecule has 0 fully saturated rings. The average molecular weight is 436 g/mol. The second-order valence-corrected chi connectivity index (χ2v) is 7.59. The summed E-state index contributed by atoms with van der Waals surface area (Å²) in [5.41, 5.74) is 0.857. The van der Waals surface area contributed by atoms with Gasteiger partial charge in [0.2, 0.25) is 0 Å². The third-order valence-electron chi connectivity index (χ3n) is 2.65. The molecule has 0 amide bonds. The zero-order valence-electron chi connectivity index (χ0n) is 11.4. The predicted octanol–water partition coefficient (Wildman–Crippen LogP) is 5.83. The van der Waals surface area contributed by atoms with Gasteiger partial charge in [-0.15, -0.1) is 11.8 Å². The Morgan fingerprint density at radius 3 is 2.55 bits per heavy atom. The molecule has 0 aliphatic carbocycles. The van der Waals surface area contributed by atoms with Crippen LogP contribution in [0.25, 0.3) is 0 Å². The summed E-state index contributed by atoms with van der Waals surface area (Å²) in [6.45, 7) is 0.767. The van der Waals surface area contributed by atoms with Crippen LogP contribution in [-0.2, 0) is 0 Å². The lowest BCUT2D eigenvalue weighted by Gasteiger charge is -2.11. The van der Waals surface area contributed by atoms with Crippen LogP contribution >= 0.6 is 63.1 Å². The fourth-order valence-corrected chi connectivity index (χ4v) is 3.15. The van der Waals surface area contributed by atoms with E-state index in [1.165, 1.54) is 4.90 Å². The molecule has 0 bridgehead atoms. The molecule has 2 nitrogen and oxygen atoms in total. The van der Waals surface area contributed by atoms with E-state index in [0.717, 1.165) is 27.5 Å². The second kappa shape index (κ2) is 8.99. The monoisotopic (exact) mass is 434 g/mol. The van der Waals surface area contributed by atoms with Crippen LogP contribution in [0, 0.1) is 0 Å². The van der Waals surface area contributed by atoms with E-state index in [1.54, 1.807) is 11.8 Å². The van der Waals surface area contributed by atoms with Gasteiger partial charge in [-0.3, -0.25) is 0 Å². The van der Waals surface area contributed by atoms with E-state index < -0.39 is 0 Å². The SMILES string of the molecule is S=C(NCCSc1ccc(Cl)cc1)Nc1ccc(Br)c(Cl)c1. The van der Waals surface area contributed by atoms with E-state index in [9.17, 15) is 0 Å². The number of halogens is 3. The molecule has 2 rings (SSSR count). The topological polar surface area (TPSA) is 24.1 Å². The van der Waals surface area contributed by atoms with Crippen LogP contribution in [0.5, 0.6) is 0 Å². The number of nitrogens with one attached hydrogen (secondary N) is 2. The molecule has 0 aliphatic rings. The van der Waals surface area contributed by atoms with Crippen molar-refractivity contribution >= 4 is 73.9 Å². The Hall–Kier alpha value is -0.460. The van der Waals surface area contributed by atoms with Gasteiger partial charge < -0.3 is 10.6 Å². The largest absolute Gasteiger partial charge is 0.362 e. The lowest BCUT2D eigenvalue weighted by molar-refractivity contribution is 0.990. The van der Waals surface area contributed by atoms with Crippen molar-refractivity contribution in [2.75, 3.05) is 17.6 Å². The molecule has 22 heavy (non-hydrogen) atoms. The number of thiocarbonyl (C=S) groups is 1. The number of anilines is 1. The minimum Gasteiger partial charge on any atom is -0.362 e. The van der Waals surface area contributed by atoms with E-state index in [-0.39, 0.29) is 0 Å². The third kappa shape index (κ3) is 5.97. The molecular formula is C15H13BrCl2N2S2. The molecule has 2 aromatic rings. The highest BCUT2D eigenvalue weighted by Crippen LogP contribution is 2.25. The molecule has 2 N–H and O–H groups in total. The molecule has 0 spiro atoms. The molecule has 0 aromatic heterocycles. The summed E-state index contributed by atoms with van der Waals surface area (Å²) in [6, 6.07) is 13.4. The van der Waals surface area contributed by atoms with Gasteiger partial charge in [0.05, 0.1) is 5.02 Å². The number of rotatable bonds is 5. The van der Waals surface area contributed by atoms with Gasteiger partial charge in [0.25, 0.3) is 0 Å². The first-order valence-corrected chi connectivity index (χ1v) is 9.37. The Labute approximate surface area is 158 Å². The van der Waals surface area contributed by atoms with Crippen molar-refractivity contribution < 1.29 is 0 Å². The van der Waals surface area contributed by atoms with Crippen LogP contribution in [-0.4, -0.2) is 17.4 Å². The van der Waals surface area contributed by atoms with Gasteiger partial charge in [-0.1, -0.05) is 23.2 Å². The van der Waals surface area contributed by atoms with E-state index in [2.05, 4.69) is 26.6 Å². The molecule has 2 aromatic carbocycles. The number of hydrogen-bond acceptors (Lipinski definition) is 2. The van der Waals surface area contributed by atoms with Crippen molar-refractivity contribution in [2.45, 2.75) is 4.90 Å². The van der Waals surface area contributed by atoms with Crippen molar-refractivity contribution in [2.24, 2.45) is 0 Å². The maximum atomic E-state index is 6.04. The zero-order valence-corrected chi connectivity index (χ0v) is 16.1. The lowest BCUT2D eigenvalue weighted by Crippen LogP contribution is -2.30. The minimum atomic E-state index is 0.579.